The van der Waals surface area contributed by atoms with Crippen molar-refractivity contribution < 1.29 is 28.6 Å². The van der Waals surface area contributed by atoms with Crippen molar-refractivity contribution in [2.45, 2.75) is 26.2 Å². The first-order chi connectivity index (χ1) is 10.9. The molecule has 0 heterocycles. The molecular formula is C17H22O6. The predicted octanol–water partition coefficient (Wildman–Crippen LogP) is 1.79. The maximum atomic E-state index is 12.2. The van der Waals surface area contributed by atoms with Crippen LogP contribution in [0.4, 0.5) is 0 Å². The van der Waals surface area contributed by atoms with Gasteiger partial charge in [0.1, 0.15) is 0 Å². The van der Waals surface area contributed by atoms with Gasteiger partial charge in [0.05, 0.1) is 27.2 Å². The molecule has 0 aromatic rings. The zero-order chi connectivity index (χ0) is 17.2. The third-order valence-corrected chi connectivity index (χ3v) is 4.81. The van der Waals surface area contributed by atoms with Crippen LogP contribution in [0, 0.1) is 17.3 Å². The maximum Gasteiger partial charge on any atom is 0.323 e. The number of allylic oxidation sites excluding steroid dienone is 3. The van der Waals surface area contributed by atoms with Gasteiger partial charge >= 0.3 is 17.9 Å². The van der Waals surface area contributed by atoms with E-state index in [4.69, 9.17) is 14.2 Å². The quantitative estimate of drug-likeness (QED) is 0.341. The molecule has 126 valence electrons. The zero-order valence-corrected chi connectivity index (χ0v) is 13.9. The van der Waals surface area contributed by atoms with Gasteiger partial charge in [-0.2, -0.15) is 0 Å². The Bertz CT molecular complexity index is 570. The fourth-order valence-electron chi connectivity index (χ4n) is 3.57. The largest absolute Gasteiger partial charge is 0.469 e. The topological polar surface area (TPSA) is 78.9 Å². The highest BCUT2D eigenvalue weighted by atomic mass is 16.5. The number of carbonyl (C=O) groups is 3. The number of rotatable bonds is 3. The highest BCUT2D eigenvalue weighted by Gasteiger charge is 2.55. The molecule has 6 heteroatoms. The fraction of sp³-hybridized carbons (Fsp3) is 0.588. The molecule has 2 aliphatic rings. The predicted molar refractivity (Wildman–Crippen MR) is 81.2 cm³/mol. The number of hydrogen-bond acceptors (Lipinski definition) is 6. The van der Waals surface area contributed by atoms with Crippen molar-refractivity contribution >= 4 is 17.9 Å². The van der Waals surface area contributed by atoms with Gasteiger partial charge in [-0.05, 0) is 32.1 Å². The summed E-state index contributed by atoms with van der Waals surface area (Å²) < 4.78 is 14.5. The van der Waals surface area contributed by atoms with E-state index in [9.17, 15) is 14.4 Å². The minimum absolute atomic E-state index is 0.0807. The van der Waals surface area contributed by atoms with Crippen molar-refractivity contribution in [3.05, 3.63) is 23.3 Å². The number of esters is 3. The molecule has 0 radical (unpaired) electrons. The van der Waals surface area contributed by atoms with Crippen LogP contribution in [0.25, 0.3) is 0 Å². The van der Waals surface area contributed by atoms with Gasteiger partial charge in [0.25, 0.3) is 0 Å². The molecule has 0 bridgehead atoms. The lowest BCUT2D eigenvalue weighted by Crippen LogP contribution is -2.39. The van der Waals surface area contributed by atoms with Gasteiger partial charge in [0.2, 0.25) is 0 Å². The monoisotopic (exact) mass is 322 g/mol. The summed E-state index contributed by atoms with van der Waals surface area (Å²) in [4.78, 5) is 36.3. The molecule has 0 spiro atoms. The van der Waals surface area contributed by atoms with Gasteiger partial charge in [-0.15, -0.1) is 0 Å². The molecule has 0 aliphatic heterocycles. The smallest absolute Gasteiger partial charge is 0.323 e. The van der Waals surface area contributed by atoms with Gasteiger partial charge in [-0.1, -0.05) is 23.3 Å². The minimum atomic E-state index is -1.30. The molecule has 2 atom stereocenters. The fourth-order valence-corrected chi connectivity index (χ4v) is 3.57. The number of fused-ring (bicyclic) bond motifs is 1. The van der Waals surface area contributed by atoms with E-state index in [-0.39, 0.29) is 24.2 Å². The average Bonchev–Trinajstić information content (AvgIpc) is 2.90. The van der Waals surface area contributed by atoms with Crippen LogP contribution in [0.15, 0.2) is 23.3 Å². The number of methoxy groups -OCH3 is 3. The van der Waals surface area contributed by atoms with E-state index >= 15 is 0 Å². The van der Waals surface area contributed by atoms with Crippen LogP contribution >= 0.6 is 0 Å². The van der Waals surface area contributed by atoms with E-state index in [1.165, 1.54) is 21.3 Å². The third kappa shape index (κ3) is 2.90. The minimum Gasteiger partial charge on any atom is -0.469 e. The molecule has 0 saturated heterocycles. The van der Waals surface area contributed by atoms with Crippen LogP contribution in [0.1, 0.15) is 26.2 Å². The highest BCUT2D eigenvalue weighted by molar-refractivity contribution is 6.01. The summed E-state index contributed by atoms with van der Waals surface area (Å²) in [6.07, 6.45) is 4.77. The Morgan fingerprint density at radius 2 is 1.65 bits per heavy atom. The Kier molecular flexibility index (Phi) is 4.92. The van der Waals surface area contributed by atoms with Gasteiger partial charge in [-0.3, -0.25) is 14.4 Å². The van der Waals surface area contributed by atoms with Crippen molar-refractivity contribution in [2.24, 2.45) is 17.3 Å². The lowest BCUT2D eigenvalue weighted by Gasteiger charge is -2.22. The summed E-state index contributed by atoms with van der Waals surface area (Å²) in [6.45, 7) is 1.93. The second-order valence-electron chi connectivity index (χ2n) is 6.08. The Balaban J connectivity index is 2.37. The van der Waals surface area contributed by atoms with Crippen LogP contribution in [0.5, 0.6) is 0 Å². The molecular weight excluding hydrogens is 300 g/mol. The van der Waals surface area contributed by atoms with E-state index in [1.807, 2.05) is 13.0 Å². The average molecular weight is 322 g/mol. The van der Waals surface area contributed by atoms with Crippen LogP contribution in [0.3, 0.4) is 0 Å². The number of carbonyl (C=O) groups excluding carboxylic acids is 3. The zero-order valence-electron chi connectivity index (χ0n) is 13.9. The SMILES string of the molecule is COC(=O)[C@H]1C=C[C@@H]2CC(C(=O)OC)(C(=O)OC)CC2=C(C)C1. The summed E-state index contributed by atoms with van der Waals surface area (Å²) in [5.41, 5.74) is 0.709. The van der Waals surface area contributed by atoms with Gasteiger partial charge < -0.3 is 14.2 Å². The molecule has 0 N–H and O–H groups in total. The summed E-state index contributed by atoms with van der Waals surface area (Å²) in [7, 11) is 3.90. The molecule has 0 aromatic carbocycles. The second kappa shape index (κ2) is 6.56. The molecule has 0 aromatic heterocycles. The molecule has 2 aliphatic carbocycles. The van der Waals surface area contributed by atoms with Crippen LogP contribution in [-0.2, 0) is 28.6 Å². The third-order valence-electron chi connectivity index (χ3n) is 4.81. The second-order valence-corrected chi connectivity index (χ2v) is 6.08. The van der Waals surface area contributed by atoms with E-state index < -0.39 is 17.4 Å². The summed E-state index contributed by atoms with van der Waals surface area (Å²) in [5, 5.41) is 0. The summed E-state index contributed by atoms with van der Waals surface area (Å²) in [5.74, 6) is -1.84. The first-order valence-electron chi connectivity index (χ1n) is 7.51. The number of hydrogen-bond donors (Lipinski definition) is 0. The standard InChI is InChI=1S/C17H22O6/c1-10-7-11(14(18)21-2)5-6-12-8-17(9-13(10)12,15(19)22-3)16(20)23-4/h5-6,11-12H,7-9H2,1-4H3/t11-,12+/m0/s1. The Morgan fingerprint density at radius 3 is 2.17 bits per heavy atom. The van der Waals surface area contributed by atoms with E-state index in [1.54, 1.807) is 6.08 Å². The van der Waals surface area contributed by atoms with Crippen molar-refractivity contribution in [2.75, 3.05) is 21.3 Å². The molecule has 6 nitrogen and oxygen atoms in total. The van der Waals surface area contributed by atoms with E-state index in [0.717, 1.165) is 11.1 Å². The van der Waals surface area contributed by atoms with Crippen molar-refractivity contribution in [3.8, 4) is 0 Å². The molecule has 2 rings (SSSR count). The van der Waals surface area contributed by atoms with Crippen LogP contribution < -0.4 is 0 Å². The van der Waals surface area contributed by atoms with Gasteiger partial charge in [0.15, 0.2) is 5.41 Å². The first kappa shape index (κ1) is 17.2. The van der Waals surface area contributed by atoms with Gasteiger partial charge in [0, 0.05) is 0 Å². The van der Waals surface area contributed by atoms with Crippen molar-refractivity contribution in [1.82, 2.24) is 0 Å². The van der Waals surface area contributed by atoms with Crippen molar-refractivity contribution in [1.29, 1.82) is 0 Å². The molecule has 0 amide bonds. The molecule has 23 heavy (non-hydrogen) atoms. The Hall–Kier alpha value is -2.11. The maximum absolute atomic E-state index is 12.2. The molecule has 1 fully saturated rings. The van der Waals surface area contributed by atoms with Crippen molar-refractivity contribution in [3.63, 3.8) is 0 Å². The normalized spacial score (nSPS) is 25.4. The van der Waals surface area contributed by atoms with Gasteiger partial charge in [-0.25, -0.2) is 0 Å². The summed E-state index contributed by atoms with van der Waals surface area (Å²) in [6, 6.07) is 0. The molecule has 1 saturated carbocycles. The first-order valence-corrected chi connectivity index (χ1v) is 7.51. The lowest BCUT2D eigenvalue weighted by molar-refractivity contribution is -0.168. The highest BCUT2D eigenvalue weighted by Crippen LogP contribution is 2.50. The lowest BCUT2D eigenvalue weighted by atomic mass is 9.84. The van der Waals surface area contributed by atoms with E-state index in [2.05, 4.69) is 0 Å². The van der Waals surface area contributed by atoms with Crippen LogP contribution in [0.2, 0.25) is 0 Å². The van der Waals surface area contributed by atoms with E-state index in [0.29, 0.717) is 12.8 Å². The Labute approximate surface area is 135 Å². The van der Waals surface area contributed by atoms with Crippen LogP contribution in [-0.4, -0.2) is 39.2 Å². The summed E-state index contributed by atoms with van der Waals surface area (Å²) >= 11 is 0. The number of ether oxygens (including phenoxy) is 3. The Morgan fingerprint density at radius 1 is 1.04 bits per heavy atom. The molecule has 0 unspecified atom stereocenters.